The van der Waals surface area contributed by atoms with Crippen molar-refractivity contribution in [3.05, 3.63) is 64.4 Å². The average Bonchev–Trinajstić information content (AvgIpc) is 3.44. The van der Waals surface area contributed by atoms with Crippen LogP contribution in [0.2, 0.25) is 0 Å². The van der Waals surface area contributed by atoms with Crippen molar-refractivity contribution in [2.24, 2.45) is 11.3 Å². The van der Waals surface area contributed by atoms with Gasteiger partial charge in [0.1, 0.15) is 0 Å². The van der Waals surface area contributed by atoms with Crippen LogP contribution in [0.15, 0.2) is 42.5 Å². The Balaban J connectivity index is 1.54. The number of tetrazole rings is 1. The molecule has 12 nitrogen and oxygen atoms in total. The molecule has 1 aliphatic carbocycles. The summed E-state index contributed by atoms with van der Waals surface area (Å²) in [5.41, 5.74) is -1.42. The molecule has 1 saturated carbocycles. The molecule has 1 aliphatic rings. The van der Waals surface area contributed by atoms with E-state index in [9.17, 15) is 28.0 Å². The van der Waals surface area contributed by atoms with Gasteiger partial charge in [-0.1, -0.05) is 38.0 Å². The number of anilines is 3. The molecule has 0 aliphatic heterocycles. The quantitative estimate of drug-likeness (QED) is 0.251. The van der Waals surface area contributed by atoms with E-state index in [1.54, 1.807) is 29.2 Å². The van der Waals surface area contributed by atoms with E-state index in [4.69, 9.17) is 5.21 Å². The van der Waals surface area contributed by atoms with Gasteiger partial charge < -0.3 is 20.7 Å². The molecule has 3 amide bonds. The summed E-state index contributed by atoms with van der Waals surface area (Å²) in [6.45, 7) is 6.67. The van der Waals surface area contributed by atoms with E-state index in [1.165, 1.54) is 0 Å². The fraction of sp³-hybridized carbons (Fsp3) is 0.444. The Kier molecular flexibility index (Phi) is 9.01. The first-order valence-electron chi connectivity index (χ1n) is 13.3. The maximum atomic E-state index is 13.6. The second-order valence-corrected chi connectivity index (χ2v) is 11.3. The van der Waals surface area contributed by atoms with Crippen LogP contribution in [0.5, 0.6) is 0 Å². The van der Waals surface area contributed by atoms with Gasteiger partial charge in [0, 0.05) is 23.8 Å². The maximum absolute atomic E-state index is 13.6. The Morgan fingerprint density at radius 1 is 1.05 bits per heavy atom. The lowest BCUT2D eigenvalue weighted by Crippen LogP contribution is -2.45. The van der Waals surface area contributed by atoms with E-state index in [2.05, 4.69) is 52.0 Å². The van der Waals surface area contributed by atoms with E-state index in [0.29, 0.717) is 36.0 Å². The van der Waals surface area contributed by atoms with E-state index in [-0.39, 0.29) is 29.6 Å². The van der Waals surface area contributed by atoms with Gasteiger partial charge in [0.05, 0.1) is 11.3 Å². The molecule has 15 heteroatoms. The number of urea groups is 1. The molecule has 0 spiro atoms. The van der Waals surface area contributed by atoms with Crippen LogP contribution in [0.4, 0.5) is 35.3 Å². The number of benzene rings is 2. The van der Waals surface area contributed by atoms with Crippen LogP contribution >= 0.6 is 0 Å². The number of nitrogens with zero attached hydrogens (tertiary/aromatic N) is 5. The number of carbonyl (C=O) groups excluding carboxylic acids is 2. The summed E-state index contributed by atoms with van der Waals surface area (Å²) < 4.78 is 40.7. The average molecular weight is 590 g/mol. The Morgan fingerprint density at radius 2 is 1.71 bits per heavy atom. The summed E-state index contributed by atoms with van der Waals surface area (Å²) in [7, 11) is 0. The van der Waals surface area contributed by atoms with Gasteiger partial charge in [-0.2, -0.15) is 18.4 Å². The molecule has 0 unspecified atom stereocenters. The topological polar surface area (TPSA) is 162 Å². The Morgan fingerprint density at radius 3 is 2.26 bits per heavy atom. The highest BCUT2D eigenvalue weighted by molar-refractivity contribution is 6.03. The summed E-state index contributed by atoms with van der Waals surface area (Å²) in [5, 5.41) is 37.5. The molecule has 0 atom stereocenters. The zero-order valence-corrected chi connectivity index (χ0v) is 23.3. The highest BCUT2D eigenvalue weighted by atomic mass is 19.4. The van der Waals surface area contributed by atoms with Gasteiger partial charge in [-0.25, -0.2) is 4.79 Å². The summed E-state index contributed by atoms with van der Waals surface area (Å²) in [5.74, 6) is 0.0222. The van der Waals surface area contributed by atoms with Crippen LogP contribution in [0.25, 0.3) is 0 Å². The van der Waals surface area contributed by atoms with Gasteiger partial charge in [-0.15, -0.1) is 5.10 Å². The minimum Gasteiger partial charge on any atom is -0.733 e. The van der Waals surface area contributed by atoms with E-state index >= 15 is 0 Å². The Hall–Kier alpha value is -4.24. The van der Waals surface area contributed by atoms with Crippen LogP contribution in [0.1, 0.15) is 67.9 Å². The number of rotatable bonds is 7. The fourth-order valence-electron chi connectivity index (χ4n) is 5.17. The molecule has 0 radical (unpaired) electrons. The third-order valence-corrected chi connectivity index (χ3v) is 7.52. The number of halogens is 3. The summed E-state index contributed by atoms with van der Waals surface area (Å²) in [4.78, 5) is 27.6. The van der Waals surface area contributed by atoms with Gasteiger partial charge in [-0.05, 0) is 78.1 Å². The normalized spacial score (nSPS) is 17.4. The van der Waals surface area contributed by atoms with Crippen molar-refractivity contribution >= 4 is 29.3 Å². The van der Waals surface area contributed by atoms with Crippen LogP contribution in [0, 0.1) is 16.5 Å². The molecule has 4 N–H and O–H groups in total. The molecule has 226 valence electrons. The van der Waals surface area contributed by atoms with Gasteiger partial charge in [0.2, 0.25) is 0 Å². The van der Waals surface area contributed by atoms with Crippen molar-refractivity contribution in [3.8, 4) is 0 Å². The zero-order valence-electron chi connectivity index (χ0n) is 23.3. The monoisotopic (exact) mass is 589 g/mol. The van der Waals surface area contributed by atoms with Crippen molar-refractivity contribution in [2.45, 2.75) is 65.2 Å². The molecule has 3 aromatic rings. The molecule has 1 aromatic heterocycles. The number of H-pyrrole nitrogens is 1. The van der Waals surface area contributed by atoms with Crippen LogP contribution < -0.4 is 15.9 Å². The number of amides is 3. The predicted molar refractivity (Wildman–Crippen MR) is 147 cm³/mol. The van der Waals surface area contributed by atoms with Gasteiger partial charge in [0.15, 0.2) is 0 Å². The smallest absolute Gasteiger partial charge is 0.418 e. The zero-order chi connectivity index (χ0) is 30.7. The lowest BCUT2D eigenvalue weighted by atomic mass is 9.71. The van der Waals surface area contributed by atoms with Crippen molar-refractivity contribution in [3.63, 3.8) is 0 Å². The van der Waals surface area contributed by atoms with Crippen molar-refractivity contribution in [1.82, 2.24) is 25.5 Å². The number of carbonyl (C=O) groups is 2. The third kappa shape index (κ3) is 7.53. The molecule has 1 heterocycles. The molecular formula is C27H32F3N8O4-. The van der Waals surface area contributed by atoms with Crippen molar-refractivity contribution in [1.29, 1.82) is 0 Å². The lowest BCUT2D eigenvalue weighted by Gasteiger charge is -2.41. The number of hydrogen-bond acceptors (Lipinski definition) is 8. The first kappa shape index (κ1) is 30.7. The van der Waals surface area contributed by atoms with Gasteiger partial charge in [0.25, 0.3) is 11.9 Å². The Bertz CT molecular complexity index is 1370. The molecular weight excluding hydrogens is 557 g/mol. The highest BCUT2D eigenvalue weighted by Gasteiger charge is 2.36. The largest absolute Gasteiger partial charge is 0.733 e. The minimum atomic E-state index is -4.94. The number of aromatic nitrogens is 4. The number of nitrogens with one attached hydrogen (secondary N) is 3. The number of aromatic amines is 1. The van der Waals surface area contributed by atoms with Gasteiger partial charge in [-0.3, -0.25) is 15.3 Å². The molecule has 1 fully saturated rings. The second-order valence-electron chi connectivity index (χ2n) is 11.3. The minimum absolute atomic E-state index is 0.0152. The summed E-state index contributed by atoms with van der Waals surface area (Å²) >= 11 is 0. The van der Waals surface area contributed by atoms with E-state index in [0.717, 1.165) is 25.0 Å². The Labute approximate surface area is 239 Å². The fourth-order valence-corrected chi connectivity index (χ4v) is 5.17. The first-order chi connectivity index (χ1) is 19.7. The summed E-state index contributed by atoms with van der Waals surface area (Å²) in [6.07, 6.45) is -1.75. The number of hydrogen-bond donors (Lipinski definition) is 4. The highest BCUT2D eigenvalue weighted by Crippen LogP contribution is 2.40. The first-order valence-corrected chi connectivity index (χ1v) is 13.3. The molecule has 42 heavy (non-hydrogen) atoms. The standard InChI is InChI=1S/C27H32F3N8O4/c1-26(2,3)18-8-11-20(12-9-18)37(15-16-4-6-17(7-5-16)23(39)32-24-33-35-36-34-24)25(40)31-19-10-13-22(38(41)42)21(14-19)27(28,29)30/h4-7,10,13-14,18,20,41H,8-9,11-12,15H2,1-3H3,(H,31,40)(H2,32,33,34,35,36,39)/q-1. The summed E-state index contributed by atoms with van der Waals surface area (Å²) in [6, 6.07) is 8.26. The maximum Gasteiger partial charge on any atom is 0.418 e. The molecule has 2 aromatic carbocycles. The van der Waals surface area contributed by atoms with Crippen LogP contribution in [-0.2, 0) is 12.7 Å². The SMILES string of the molecule is CC(C)(C)C1CCC(N(Cc2ccc(C(=O)Nc3nn[nH]n3)cc2)C(=O)Nc2ccc(N([O-])O)c(C(F)(F)F)c2)CC1. The van der Waals surface area contributed by atoms with E-state index < -0.39 is 34.6 Å². The predicted octanol–water partition coefficient (Wildman–Crippen LogP) is 5.80. The van der Waals surface area contributed by atoms with E-state index in [1.807, 2.05) is 0 Å². The van der Waals surface area contributed by atoms with Crippen LogP contribution in [-0.4, -0.2) is 48.7 Å². The lowest BCUT2D eigenvalue weighted by molar-refractivity contribution is -0.137. The molecule has 0 bridgehead atoms. The third-order valence-electron chi connectivity index (χ3n) is 7.52. The van der Waals surface area contributed by atoms with Crippen LogP contribution in [0.3, 0.4) is 0 Å². The molecule has 0 saturated heterocycles. The second kappa shape index (κ2) is 12.3. The molecule has 4 rings (SSSR count). The number of alkyl halides is 3. The van der Waals surface area contributed by atoms with Crippen molar-refractivity contribution < 1.29 is 28.0 Å². The van der Waals surface area contributed by atoms with Gasteiger partial charge >= 0.3 is 12.2 Å². The van der Waals surface area contributed by atoms with Crippen molar-refractivity contribution in [2.75, 3.05) is 15.9 Å².